The standard InChI is InChI=1S/C13H19N3O3S/c1-4-7-14-11-10(6-5-8-15-11)9-16-12(17)13(2,3)20(16,18)19/h5-6,8H,4,7,9H2,1-3H3,(H,14,15). The number of amides is 1. The van der Waals surface area contributed by atoms with Gasteiger partial charge >= 0.3 is 0 Å². The summed E-state index contributed by atoms with van der Waals surface area (Å²) in [4.78, 5) is 16.1. The van der Waals surface area contributed by atoms with E-state index < -0.39 is 14.8 Å². The van der Waals surface area contributed by atoms with Gasteiger partial charge in [0.15, 0.2) is 4.75 Å². The zero-order chi connectivity index (χ0) is 15.0. The fourth-order valence-corrected chi connectivity index (χ4v) is 3.54. The number of nitrogens with one attached hydrogen (secondary N) is 1. The number of hydrogen-bond donors (Lipinski definition) is 1. The van der Waals surface area contributed by atoms with E-state index in [0.717, 1.165) is 17.3 Å². The molecule has 0 aliphatic carbocycles. The first kappa shape index (κ1) is 14.8. The number of aromatic nitrogens is 1. The molecule has 110 valence electrons. The third-order valence-electron chi connectivity index (χ3n) is 3.42. The van der Waals surface area contributed by atoms with Gasteiger partial charge in [0.05, 0.1) is 6.54 Å². The fourth-order valence-electron chi connectivity index (χ4n) is 2.04. The Bertz CT molecular complexity index is 626. The van der Waals surface area contributed by atoms with Gasteiger partial charge in [0.2, 0.25) is 0 Å². The number of nitrogens with zero attached hydrogens (tertiary/aromatic N) is 2. The first-order valence-corrected chi connectivity index (χ1v) is 8.01. The second kappa shape index (κ2) is 5.05. The molecule has 2 rings (SSSR count). The highest BCUT2D eigenvalue weighted by Crippen LogP contribution is 2.36. The van der Waals surface area contributed by atoms with Crippen LogP contribution >= 0.6 is 0 Å². The number of carbonyl (C=O) groups is 1. The van der Waals surface area contributed by atoms with Gasteiger partial charge in [0.1, 0.15) is 5.82 Å². The van der Waals surface area contributed by atoms with E-state index in [1.54, 1.807) is 18.3 Å². The Kier molecular flexibility index (Phi) is 3.73. The molecule has 1 fully saturated rings. The molecule has 2 heterocycles. The van der Waals surface area contributed by atoms with Gasteiger partial charge in [0.25, 0.3) is 15.9 Å². The summed E-state index contributed by atoms with van der Waals surface area (Å²) >= 11 is 0. The van der Waals surface area contributed by atoms with Crippen LogP contribution in [0.4, 0.5) is 5.82 Å². The molecule has 1 N–H and O–H groups in total. The maximum atomic E-state index is 12.1. The zero-order valence-electron chi connectivity index (χ0n) is 11.9. The maximum Gasteiger partial charge on any atom is 0.259 e. The predicted molar refractivity (Wildman–Crippen MR) is 76.6 cm³/mol. The molecule has 20 heavy (non-hydrogen) atoms. The Balaban J connectivity index is 2.22. The molecule has 1 aliphatic rings. The average molecular weight is 297 g/mol. The van der Waals surface area contributed by atoms with Gasteiger partial charge in [-0.15, -0.1) is 0 Å². The van der Waals surface area contributed by atoms with Crippen LogP contribution < -0.4 is 5.32 Å². The van der Waals surface area contributed by atoms with Crippen molar-refractivity contribution in [1.82, 2.24) is 9.29 Å². The summed E-state index contributed by atoms with van der Waals surface area (Å²) in [6, 6.07) is 3.51. The van der Waals surface area contributed by atoms with Crippen molar-refractivity contribution in [3.63, 3.8) is 0 Å². The minimum absolute atomic E-state index is 0.0322. The van der Waals surface area contributed by atoms with Gasteiger partial charge < -0.3 is 5.32 Å². The van der Waals surface area contributed by atoms with Crippen LogP contribution in [0.15, 0.2) is 18.3 Å². The van der Waals surface area contributed by atoms with Crippen molar-refractivity contribution < 1.29 is 13.2 Å². The molecule has 0 aromatic carbocycles. The van der Waals surface area contributed by atoms with Crippen LogP contribution in [0, 0.1) is 0 Å². The summed E-state index contributed by atoms with van der Waals surface area (Å²) in [5.74, 6) is 0.254. The third kappa shape index (κ3) is 2.15. The van der Waals surface area contributed by atoms with E-state index in [-0.39, 0.29) is 12.5 Å². The first-order chi connectivity index (χ1) is 9.32. The third-order valence-corrected chi connectivity index (χ3v) is 5.76. The molecule has 1 aromatic heterocycles. The average Bonchev–Trinajstić information content (AvgIpc) is 2.42. The van der Waals surface area contributed by atoms with Crippen molar-refractivity contribution >= 4 is 21.7 Å². The summed E-state index contributed by atoms with van der Waals surface area (Å²) in [5.41, 5.74) is 0.702. The largest absolute Gasteiger partial charge is 0.370 e. The predicted octanol–water partition coefficient (Wildman–Crippen LogP) is 1.35. The van der Waals surface area contributed by atoms with Crippen molar-refractivity contribution in [2.24, 2.45) is 0 Å². The lowest BCUT2D eigenvalue weighted by Crippen LogP contribution is -2.66. The minimum Gasteiger partial charge on any atom is -0.370 e. The van der Waals surface area contributed by atoms with Crippen molar-refractivity contribution in [3.8, 4) is 0 Å². The normalized spacial score (nSPS) is 19.6. The second-order valence-corrected chi connectivity index (χ2v) is 7.68. The van der Waals surface area contributed by atoms with Crippen molar-refractivity contribution in [2.45, 2.75) is 38.5 Å². The smallest absolute Gasteiger partial charge is 0.259 e. The molecule has 1 saturated heterocycles. The van der Waals surface area contributed by atoms with Gasteiger partial charge in [-0.1, -0.05) is 13.0 Å². The quantitative estimate of drug-likeness (QED) is 0.887. The molecule has 1 amide bonds. The number of carbonyl (C=O) groups excluding carboxylic acids is 1. The summed E-state index contributed by atoms with van der Waals surface area (Å²) in [6.45, 7) is 5.67. The number of anilines is 1. The van der Waals surface area contributed by atoms with Gasteiger partial charge in [-0.2, -0.15) is 0 Å². The van der Waals surface area contributed by atoms with Crippen molar-refractivity contribution in [3.05, 3.63) is 23.9 Å². The lowest BCUT2D eigenvalue weighted by molar-refractivity contribution is -0.132. The van der Waals surface area contributed by atoms with Gasteiger partial charge in [-0.25, -0.2) is 17.7 Å². The second-order valence-electron chi connectivity index (χ2n) is 5.27. The Morgan fingerprint density at radius 2 is 2.10 bits per heavy atom. The molecule has 0 radical (unpaired) electrons. The Morgan fingerprint density at radius 1 is 1.40 bits per heavy atom. The number of sulfonamides is 1. The fraction of sp³-hybridized carbons (Fsp3) is 0.538. The topological polar surface area (TPSA) is 79.4 Å². The van der Waals surface area contributed by atoms with Crippen LogP contribution in [0.2, 0.25) is 0 Å². The van der Waals surface area contributed by atoms with E-state index >= 15 is 0 Å². The maximum absolute atomic E-state index is 12.1. The van der Waals surface area contributed by atoms with E-state index in [4.69, 9.17) is 0 Å². The molecule has 1 aliphatic heterocycles. The van der Waals surface area contributed by atoms with E-state index in [1.807, 2.05) is 6.92 Å². The molecule has 0 unspecified atom stereocenters. The van der Waals surface area contributed by atoms with Crippen LogP contribution in [-0.4, -0.2) is 34.9 Å². The van der Waals surface area contributed by atoms with E-state index in [2.05, 4.69) is 10.3 Å². The monoisotopic (exact) mass is 297 g/mol. The SMILES string of the molecule is CCCNc1ncccc1CN1C(=O)C(C)(C)S1(=O)=O. The summed E-state index contributed by atoms with van der Waals surface area (Å²) < 4.78 is 23.8. The highest BCUT2D eigenvalue weighted by molar-refractivity contribution is 7.94. The van der Waals surface area contributed by atoms with Crippen LogP contribution in [0.5, 0.6) is 0 Å². The Hall–Kier alpha value is -1.63. The minimum atomic E-state index is -3.56. The van der Waals surface area contributed by atoms with Crippen LogP contribution in [-0.2, 0) is 21.4 Å². The summed E-state index contributed by atoms with van der Waals surface area (Å²) in [7, 11) is -3.56. The number of rotatable bonds is 5. The molecule has 0 spiro atoms. The molecule has 0 atom stereocenters. The van der Waals surface area contributed by atoms with E-state index in [9.17, 15) is 13.2 Å². The number of hydrogen-bond acceptors (Lipinski definition) is 5. The van der Waals surface area contributed by atoms with Crippen LogP contribution in [0.25, 0.3) is 0 Å². The van der Waals surface area contributed by atoms with Crippen LogP contribution in [0.3, 0.4) is 0 Å². The highest BCUT2D eigenvalue weighted by Gasteiger charge is 2.60. The first-order valence-electron chi connectivity index (χ1n) is 6.57. The van der Waals surface area contributed by atoms with E-state index in [1.165, 1.54) is 13.8 Å². The molecule has 6 nitrogen and oxygen atoms in total. The number of pyridine rings is 1. The lowest BCUT2D eigenvalue weighted by atomic mass is 10.1. The summed E-state index contributed by atoms with van der Waals surface area (Å²) in [5, 5.41) is 3.14. The Labute approximate surface area is 119 Å². The zero-order valence-corrected chi connectivity index (χ0v) is 12.7. The van der Waals surface area contributed by atoms with Crippen LogP contribution in [0.1, 0.15) is 32.8 Å². The Morgan fingerprint density at radius 3 is 2.70 bits per heavy atom. The molecule has 7 heteroatoms. The lowest BCUT2D eigenvalue weighted by Gasteiger charge is -2.43. The van der Waals surface area contributed by atoms with Crippen molar-refractivity contribution in [2.75, 3.05) is 11.9 Å². The molecular weight excluding hydrogens is 278 g/mol. The molecule has 0 saturated carbocycles. The van der Waals surface area contributed by atoms with Gasteiger partial charge in [0, 0.05) is 18.3 Å². The van der Waals surface area contributed by atoms with Crippen molar-refractivity contribution in [1.29, 1.82) is 0 Å². The van der Waals surface area contributed by atoms with Gasteiger partial charge in [-0.3, -0.25) is 4.79 Å². The van der Waals surface area contributed by atoms with Gasteiger partial charge in [-0.05, 0) is 26.3 Å². The summed E-state index contributed by atoms with van der Waals surface area (Å²) in [6.07, 6.45) is 2.57. The molecule has 0 bridgehead atoms. The van der Waals surface area contributed by atoms with E-state index in [0.29, 0.717) is 11.4 Å². The molecular formula is C13H19N3O3S. The molecule has 1 aromatic rings. The highest BCUT2D eigenvalue weighted by atomic mass is 32.2.